The van der Waals surface area contributed by atoms with Crippen molar-refractivity contribution in [3.8, 4) is 11.5 Å². The van der Waals surface area contributed by atoms with Gasteiger partial charge in [-0.05, 0) is 32.0 Å². The number of benzene rings is 1. The van der Waals surface area contributed by atoms with Crippen LogP contribution in [0.15, 0.2) is 18.2 Å². The van der Waals surface area contributed by atoms with Crippen molar-refractivity contribution in [2.45, 2.75) is 13.3 Å². The number of aromatic hydroxyl groups is 1. The third-order valence-electron chi connectivity index (χ3n) is 2.11. The maximum atomic E-state index is 11.3. The summed E-state index contributed by atoms with van der Waals surface area (Å²) in [6, 6.07) is 4.77. The molecule has 0 aliphatic heterocycles. The SMILES string of the molecule is Cc1c(O)cccc1OC(=O)NCCCN. The molecule has 1 aromatic carbocycles. The molecule has 0 fully saturated rings. The number of phenolic OH excluding ortho intramolecular Hbond substituents is 1. The quantitative estimate of drug-likeness (QED) is 0.669. The van der Waals surface area contributed by atoms with E-state index in [1.807, 2.05) is 0 Å². The number of ether oxygens (including phenoxy) is 1. The minimum Gasteiger partial charge on any atom is -0.508 e. The van der Waals surface area contributed by atoms with Crippen LogP contribution in [0.1, 0.15) is 12.0 Å². The van der Waals surface area contributed by atoms with E-state index in [-0.39, 0.29) is 5.75 Å². The van der Waals surface area contributed by atoms with Gasteiger partial charge in [0.25, 0.3) is 0 Å². The molecule has 0 aliphatic carbocycles. The minimum absolute atomic E-state index is 0.104. The van der Waals surface area contributed by atoms with Gasteiger partial charge in [0, 0.05) is 12.1 Å². The molecule has 4 N–H and O–H groups in total. The summed E-state index contributed by atoms with van der Waals surface area (Å²) >= 11 is 0. The van der Waals surface area contributed by atoms with Gasteiger partial charge in [-0.1, -0.05) is 6.07 Å². The molecular weight excluding hydrogens is 208 g/mol. The lowest BCUT2D eigenvalue weighted by atomic mass is 10.2. The Labute approximate surface area is 94.2 Å². The van der Waals surface area contributed by atoms with Crippen LogP contribution in [0.2, 0.25) is 0 Å². The number of nitrogens with two attached hydrogens (primary N) is 1. The Kier molecular flexibility index (Phi) is 4.60. The zero-order chi connectivity index (χ0) is 12.0. The normalized spacial score (nSPS) is 9.88. The molecule has 1 amide bonds. The summed E-state index contributed by atoms with van der Waals surface area (Å²) in [5.74, 6) is 0.456. The third-order valence-corrected chi connectivity index (χ3v) is 2.11. The summed E-state index contributed by atoms with van der Waals surface area (Å²) in [5, 5.41) is 12.0. The zero-order valence-electron chi connectivity index (χ0n) is 9.19. The lowest BCUT2D eigenvalue weighted by molar-refractivity contribution is 0.200. The summed E-state index contributed by atoms with van der Waals surface area (Å²) < 4.78 is 5.02. The van der Waals surface area contributed by atoms with E-state index in [9.17, 15) is 9.90 Å². The van der Waals surface area contributed by atoms with Gasteiger partial charge in [-0.25, -0.2) is 4.79 Å². The Morgan fingerprint density at radius 2 is 2.31 bits per heavy atom. The molecule has 0 heterocycles. The van der Waals surface area contributed by atoms with Gasteiger partial charge in [0.1, 0.15) is 11.5 Å². The van der Waals surface area contributed by atoms with Crippen LogP contribution in [0.5, 0.6) is 11.5 Å². The van der Waals surface area contributed by atoms with Crippen molar-refractivity contribution in [3.05, 3.63) is 23.8 Å². The van der Waals surface area contributed by atoms with E-state index in [0.29, 0.717) is 30.8 Å². The maximum absolute atomic E-state index is 11.3. The van der Waals surface area contributed by atoms with Gasteiger partial charge in [0.05, 0.1) is 0 Å². The summed E-state index contributed by atoms with van der Waals surface area (Å²) in [6.07, 6.45) is 0.163. The van der Waals surface area contributed by atoms with E-state index in [0.717, 1.165) is 0 Å². The van der Waals surface area contributed by atoms with Gasteiger partial charge in [-0.3, -0.25) is 0 Å². The first-order chi connectivity index (χ1) is 7.65. The Balaban J connectivity index is 2.53. The molecule has 0 aliphatic rings. The molecule has 16 heavy (non-hydrogen) atoms. The first-order valence-electron chi connectivity index (χ1n) is 5.09. The van der Waals surface area contributed by atoms with Crippen LogP contribution in [-0.4, -0.2) is 24.3 Å². The van der Waals surface area contributed by atoms with E-state index in [2.05, 4.69) is 5.32 Å². The largest absolute Gasteiger partial charge is 0.508 e. The Hall–Kier alpha value is -1.75. The van der Waals surface area contributed by atoms with E-state index in [4.69, 9.17) is 10.5 Å². The van der Waals surface area contributed by atoms with E-state index < -0.39 is 6.09 Å². The smallest absolute Gasteiger partial charge is 0.412 e. The fourth-order valence-corrected chi connectivity index (χ4v) is 1.14. The lowest BCUT2D eigenvalue weighted by Crippen LogP contribution is -2.29. The van der Waals surface area contributed by atoms with Gasteiger partial charge in [0.15, 0.2) is 0 Å². The van der Waals surface area contributed by atoms with Crippen LogP contribution in [0.3, 0.4) is 0 Å². The fourth-order valence-electron chi connectivity index (χ4n) is 1.14. The van der Waals surface area contributed by atoms with Crippen LogP contribution in [0, 0.1) is 6.92 Å². The highest BCUT2D eigenvalue weighted by Gasteiger charge is 2.08. The Bertz CT molecular complexity index is 366. The predicted molar refractivity (Wildman–Crippen MR) is 60.5 cm³/mol. The molecule has 1 rings (SSSR count). The highest BCUT2D eigenvalue weighted by molar-refractivity contribution is 5.71. The number of rotatable bonds is 4. The van der Waals surface area contributed by atoms with Gasteiger partial charge in [0.2, 0.25) is 0 Å². The van der Waals surface area contributed by atoms with Gasteiger partial charge < -0.3 is 20.9 Å². The molecule has 0 unspecified atom stereocenters. The van der Waals surface area contributed by atoms with Gasteiger partial charge in [-0.2, -0.15) is 0 Å². The molecule has 0 spiro atoms. The summed E-state index contributed by atoms with van der Waals surface area (Å²) in [4.78, 5) is 11.3. The van der Waals surface area contributed by atoms with Crippen molar-refractivity contribution in [2.75, 3.05) is 13.1 Å². The van der Waals surface area contributed by atoms with Crippen LogP contribution in [-0.2, 0) is 0 Å². The number of hydrogen-bond donors (Lipinski definition) is 3. The minimum atomic E-state index is -0.540. The van der Waals surface area contributed by atoms with Crippen molar-refractivity contribution < 1.29 is 14.6 Å². The second-order valence-electron chi connectivity index (χ2n) is 3.36. The number of carbonyl (C=O) groups is 1. The molecule has 0 saturated carbocycles. The topological polar surface area (TPSA) is 84.6 Å². The molecule has 88 valence electrons. The standard InChI is InChI=1S/C11H16N2O3/c1-8-9(14)4-2-5-10(8)16-11(15)13-7-3-6-12/h2,4-5,14H,3,6-7,12H2,1H3,(H,13,15). The first kappa shape index (κ1) is 12.3. The van der Waals surface area contributed by atoms with Crippen LogP contribution < -0.4 is 15.8 Å². The number of amides is 1. The zero-order valence-corrected chi connectivity index (χ0v) is 9.19. The number of phenols is 1. The molecule has 5 nitrogen and oxygen atoms in total. The second kappa shape index (κ2) is 5.97. The third kappa shape index (κ3) is 3.43. The Morgan fingerprint density at radius 3 is 3.00 bits per heavy atom. The fraction of sp³-hybridized carbons (Fsp3) is 0.364. The highest BCUT2D eigenvalue weighted by atomic mass is 16.6. The molecule has 0 atom stereocenters. The van der Waals surface area contributed by atoms with Crippen LogP contribution in [0.4, 0.5) is 4.79 Å². The average Bonchev–Trinajstić information content (AvgIpc) is 2.25. The maximum Gasteiger partial charge on any atom is 0.412 e. The molecule has 1 aromatic rings. The summed E-state index contributed by atoms with van der Waals surface area (Å²) in [5.41, 5.74) is 5.82. The van der Waals surface area contributed by atoms with Crippen LogP contribution >= 0.6 is 0 Å². The predicted octanol–water partition coefficient (Wildman–Crippen LogP) is 1.14. The van der Waals surface area contributed by atoms with E-state index >= 15 is 0 Å². The molecule has 5 heteroatoms. The monoisotopic (exact) mass is 224 g/mol. The lowest BCUT2D eigenvalue weighted by Gasteiger charge is -2.09. The number of nitrogens with one attached hydrogen (secondary N) is 1. The van der Waals surface area contributed by atoms with Gasteiger partial charge in [-0.15, -0.1) is 0 Å². The number of hydrogen-bond acceptors (Lipinski definition) is 4. The summed E-state index contributed by atoms with van der Waals surface area (Å²) in [7, 11) is 0. The highest BCUT2D eigenvalue weighted by Crippen LogP contribution is 2.25. The van der Waals surface area contributed by atoms with Crippen molar-refractivity contribution in [1.29, 1.82) is 0 Å². The number of carbonyl (C=O) groups excluding carboxylic acids is 1. The molecule has 0 radical (unpaired) electrons. The van der Waals surface area contributed by atoms with Crippen LogP contribution in [0.25, 0.3) is 0 Å². The van der Waals surface area contributed by atoms with Crippen molar-refractivity contribution in [3.63, 3.8) is 0 Å². The molecular formula is C11H16N2O3. The van der Waals surface area contributed by atoms with Crippen molar-refractivity contribution in [2.24, 2.45) is 5.73 Å². The summed E-state index contributed by atoms with van der Waals surface area (Å²) in [6.45, 7) is 2.68. The van der Waals surface area contributed by atoms with Crippen molar-refractivity contribution >= 4 is 6.09 Å². The van der Waals surface area contributed by atoms with E-state index in [1.54, 1.807) is 19.1 Å². The van der Waals surface area contributed by atoms with Gasteiger partial charge >= 0.3 is 6.09 Å². The first-order valence-corrected chi connectivity index (χ1v) is 5.09. The van der Waals surface area contributed by atoms with Crippen molar-refractivity contribution in [1.82, 2.24) is 5.32 Å². The Morgan fingerprint density at radius 1 is 1.56 bits per heavy atom. The second-order valence-corrected chi connectivity index (χ2v) is 3.36. The molecule has 0 bridgehead atoms. The average molecular weight is 224 g/mol. The van der Waals surface area contributed by atoms with E-state index in [1.165, 1.54) is 6.07 Å². The molecule has 0 aromatic heterocycles. The molecule has 0 saturated heterocycles.